The summed E-state index contributed by atoms with van der Waals surface area (Å²) in [7, 11) is 0. The van der Waals surface area contributed by atoms with Gasteiger partial charge >= 0.3 is 0 Å². The number of benzene rings is 1. The maximum Gasteiger partial charge on any atom is 0.265 e. The second-order valence-electron chi connectivity index (χ2n) is 3.65. The van der Waals surface area contributed by atoms with Crippen molar-refractivity contribution in [1.82, 2.24) is 9.97 Å². The minimum atomic E-state index is -0.220. The zero-order valence-electron chi connectivity index (χ0n) is 9.43. The van der Waals surface area contributed by atoms with Gasteiger partial charge in [-0.05, 0) is 40.5 Å². The predicted molar refractivity (Wildman–Crippen MR) is 77.4 cm³/mol. The first-order valence-corrected chi connectivity index (χ1v) is 6.82. The molecule has 18 heavy (non-hydrogen) atoms. The predicted octanol–water partition coefficient (Wildman–Crippen LogP) is 4.07. The number of aryl methyl sites for hydroxylation is 1. The van der Waals surface area contributed by atoms with Crippen LogP contribution in [0, 0.1) is 0 Å². The van der Waals surface area contributed by atoms with Crippen molar-refractivity contribution in [3.05, 3.63) is 48.8 Å². The van der Waals surface area contributed by atoms with E-state index >= 15 is 0 Å². The number of hydrogen-bond acceptors (Lipinski definition) is 2. The van der Waals surface area contributed by atoms with Gasteiger partial charge in [0.25, 0.3) is 5.56 Å². The molecule has 0 radical (unpaired) electrons. The molecule has 0 bridgehead atoms. The summed E-state index contributed by atoms with van der Waals surface area (Å²) in [6, 6.07) is 5.05. The van der Waals surface area contributed by atoms with Gasteiger partial charge in [-0.15, -0.1) is 0 Å². The standard InChI is InChI=1S/C12H9BrCl2N2O/c1-2-9-10(13)12(18)17-11(16-9)7-4-3-6(14)5-8(7)15/h3-5H,2H2,1H3,(H,16,17,18). The Bertz CT molecular complexity index is 655. The Labute approximate surface area is 122 Å². The molecule has 0 spiro atoms. The highest BCUT2D eigenvalue weighted by Crippen LogP contribution is 2.28. The number of H-pyrrole nitrogens is 1. The molecule has 94 valence electrons. The molecule has 2 aromatic rings. The number of hydrogen-bond donors (Lipinski definition) is 1. The Morgan fingerprint density at radius 2 is 2.11 bits per heavy atom. The van der Waals surface area contributed by atoms with Gasteiger partial charge in [0.05, 0.1) is 10.7 Å². The molecule has 0 fully saturated rings. The molecule has 2 rings (SSSR count). The van der Waals surface area contributed by atoms with E-state index in [-0.39, 0.29) is 5.56 Å². The van der Waals surface area contributed by atoms with Crippen LogP contribution in [0.2, 0.25) is 10.0 Å². The van der Waals surface area contributed by atoms with Crippen LogP contribution in [0.15, 0.2) is 27.5 Å². The molecule has 0 atom stereocenters. The lowest BCUT2D eigenvalue weighted by atomic mass is 10.2. The van der Waals surface area contributed by atoms with Crippen LogP contribution in [-0.2, 0) is 6.42 Å². The first kappa shape index (κ1) is 13.6. The van der Waals surface area contributed by atoms with Gasteiger partial charge in [-0.2, -0.15) is 0 Å². The van der Waals surface area contributed by atoms with E-state index in [0.29, 0.717) is 38.0 Å². The van der Waals surface area contributed by atoms with Crippen molar-refractivity contribution in [3.8, 4) is 11.4 Å². The zero-order chi connectivity index (χ0) is 13.3. The summed E-state index contributed by atoms with van der Waals surface area (Å²) in [6.45, 7) is 1.93. The quantitative estimate of drug-likeness (QED) is 0.890. The summed E-state index contributed by atoms with van der Waals surface area (Å²) in [5, 5.41) is 0.994. The number of halogens is 3. The fourth-order valence-electron chi connectivity index (χ4n) is 1.55. The summed E-state index contributed by atoms with van der Waals surface area (Å²) >= 11 is 15.1. The average Bonchev–Trinajstić information content (AvgIpc) is 2.32. The van der Waals surface area contributed by atoms with Crippen molar-refractivity contribution in [1.29, 1.82) is 0 Å². The maximum absolute atomic E-state index is 11.8. The Kier molecular flexibility index (Phi) is 4.10. The normalized spacial score (nSPS) is 10.7. The van der Waals surface area contributed by atoms with E-state index in [1.54, 1.807) is 18.2 Å². The van der Waals surface area contributed by atoms with Gasteiger partial charge in [0, 0.05) is 10.6 Å². The van der Waals surface area contributed by atoms with Crippen LogP contribution in [0.3, 0.4) is 0 Å². The van der Waals surface area contributed by atoms with Crippen molar-refractivity contribution in [2.75, 3.05) is 0 Å². The highest BCUT2D eigenvalue weighted by atomic mass is 79.9. The summed E-state index contributed by atoms with van der Waals surface area (Å²) in [4.78, 5) is 18.8. The average molecular weight is 348 g/mol. The van der Waals surface area contributed by atoms with E-state index < -0.39 is 0 Å². The number of rotatable bonds is 2. The molecule has 6 heteroatoms. The molecule has 0 aliphatic carbocycles. The van der Waals surface area contributed by atoms with E-state index in [2.05, 4.69) is 25.9 Å². The minimum Gasteiger partial charge on any atom is -0.305 e. The van der Waals surface area contributed by atoms with Gasteiger partial charge in [0.2, 0.25) is 0 Å². The van der Waals surface area contributed by atoms with E-state index in [1.165, 1.54) is 0 Å². The lowest BCUT2D eigenvalue weighted by molar-refractivity contribution is 0.970. The van der Waals surface area contributed by atoms with Crippen LogP contribution in [0.25, 0.3) is 11.4 Å². The van der Waals surface area contributed by atoms with E-state index in [9.17, 15) is 4.79 Å². The van der Waals surface area contributed by atoms with Gasteiger partial charge in [0.1, 0.15) is 10.3 Å². The molecule has 0 amide bonds. The molecule has 0 saturated carbocycles. The van der Waals surface area contributed by atoms with Crippen molar-refractivity contribution in [2.24, 2.45) is 0 Å². The van der Waals surface area contributed by atoms with Gasteiger partial charge in [-0.25, -0.2) is 4.98 Å². The van der Waals surface area contributed by atoms with Crippen molar-refractivity contribution in [2.45, 2.75) is 13.3 Å². The molecule has 0 unspecified atom stereocenters. The molecular formula is C12H9BrCl2N2O. The molecule has 0 saturated heterocycles. The lowest BCUT2D eigenvalue weighted by Gasteiger charge is -2.07. The molecule has 0 aliphatic heterocycles. The van der Waals surface area contributed by atoms with Crippen LogP contribution < -0.4 is 5.56 Å². The maximum atomic E-state index is 11.8. The Hall–Kier alpha value is -0.840. The van der Waals surface area contributed by atoms with Crippen LogP contribution in [0.4, 0.5) is 0 Å². The van der Waals surface area contributed by atoms with E-state index in [1.807, 2.05) is 6.92 Å². The number of aromatic nitrogens is 2. The molecular weight excluding hydrogens is 339 g/mol. The second-order valence-corrected chi connectivity index (χ2v) is 5.29. The smallest absolute Gasteiger partial charge is 0.265 e. The summed E-state index contributed by atoms with van der Waals surface area (Å²) in [5.74, 6) is 0.446. The molecule has 1 aromatic heterocycles. The van der Waals surface area contributed by atoms with Crippen LogP contribution in [-0.4, -0.2) is 9.97 Å². The number of aromatic amines is 1. The SMILES string of the molecule is CCc1nc(-c2ccc(Cl)cc2Cl)[nH]c(=O)c1Br. The van der Waals surface area contributed by atoms with Crippen molar-refractivity contribution >= 4 is 39.1 Å². The third-order valence-corrected chi connectivity index (χ3v) is 3.82. The first-order chi connectivity index (χ1) is 8.52. The largest absolute Gasteiger partial charge is 0.305 e. The zero-order valence-corrected chi connectivity index (χ0v) is 12.5. The van der Waals surface area contributed by atoms with Crippen LogP contribution >= 0.6 is 39.1 Å². The number of nitrogens with zero attached hydrogens (tertiary/aromatic N) is 1. The highest BCUT2D eigenvalue weighted by Gasteiger charge is 2.11. The van der Waals surface area contributed by atoms with Crippen molar-refractivity contribution < 1.29 is 0 Å². The third kappa shape index (κ3) is 2.60. The first-order valence-electron chi connectivity index (χ1n) is 5.27. The van der Waals surface area contributed by atoms with Crippen LogP contribution in [0.5, 0.6) is 0 Å². The molecule has 3 nitrogen and oxygen atoms in total. The Morgan fingerprint density at radius 3 is 2.72 bits per heavy atom. The summed E-state index contributed by atoms with van der Waals surface area (Å²) < 4.78 is 0.457. The fourth-order valence-corrected chi connectivity index (χ4v) is 2.51. The molecule has 0 aliphatic rings. The highest BCUT2D eigenvalue weighted by molar-refractivity contribution is 9.10. The Morgan fingerprint density at radius 1 is 1.39 bits per heavy atom. The minimum absolute atomic E-state index is 0.220. The molecule has 1 aromatic carbocycles. The van der Waals surface area contributed by atoms with Crippen molar-refractivity contribution in [3.63, 3.8) is 0 Å². The second kappa shape index (κ2) is 5.43. The van der Waals surface area contributed by atoms with E-state index in [4.69, 9.17) is 23.2 Å². The topological polar surface area (TPSA) is 45.8 Å². The van der Waals surface area contributed by atoms with Gasteiger partial charge in [0.15, 0.2) is 0 Å². The Balaban J connectivity index is 2.64. The summed E-state index contributed by atoms with van der Waals surface area (Å²) in [5.41, 5.74) is 1.13. The number of nitrogens with one attached hydrogen (secondary N) is 1. The molecule has 1 heterocycles. The van der Waals surface area contributed by atoms with E-state index in [0.717, 1.165) is 0 Å². The third-order valence-electron chi connectivity index (χ3n) is 2.45. The molecule has 1 N–H and O–H groups in total. The van der Waals surface area contributed by atoms with Gasteiger partial charge in [-0.3, -0.25) is 4.79 Å². The van der Waals surface area contributed by atoms with Gasteiger partial charge in [-0.1, -0.05) is 30.1 Å². The fraction of sp³-hybridized carbons (Fsp3) is 0.167. The van der Waals surface area contributed by atoms with Gasteiger partial charge < -0.3 is 4.98 Å². The summed E-state index contributed by atoms with van der Waals surface area (Å²) in [6.07, 6.45) is 0.655. The lowest BCUT2D eigenvalue weighted by Crippen LogP contribution is -2.13. The van der Waals surface area contributed by atoms with Crippen LogP contribution in [0.1, 0.15) is 12.6 Å². The monoisotopic (exact) mass is 346 g/mol.